The molecule has 0 aliphatic heterocycles. The van der Waals surface area contributed by atoms with Gasteiger partial charge in [0.15, 0.2) is 0 Å². The van der Waals surface area contributed by atoms with E-state index in [0.717, 1.165) is 16.5 Å². The van der Waals surface area contributed by atoms with E-state index in [2.05, 4.69) is 25.8 Å². The summed E-state index contributed by atoms with van der Waals surface area (Å²) in [5.41, 5.74) is 1.12. The second-order valence-corrected chi connectivity index (χ2v) is 7.35. The summed E-state index contributed by atoms with van der Waals surface area (Å²) in [6.45, 7) is 3.09. The van der Waals surface area contributed by atoms with Crippen LogP contribution >= 0.6 is 15.9 Å². The molecule has 21 heavy (non-hydrogen) atoms. The van der Waals surface area contributed by atoms with E-state index in [0.29, 0.717) is 24.4 Å². The van der Waals surface area contributed by atoms with Crippen molar-refractivity contribution in [2.75, 3.05) is 6.54 Å². The highest BCUT2D eigenvalue weighted by Crippen LogP contribution is 2.11. The SMILES string of the molecule is CCc1ccc(S(=O)(=O)NCCCn2cc(Br)cn2)cc1. The molecule has 0 amide bonds. The zero-order valence-electron chi connectivity index (χ0n) is 11.8. The number of benzene rings is 1. The summed E-state index contributed by atoms with van der Waals surface area (Å²) in [4.78, 5) is 0.307. The van der Waals surface area contributed by atoms with Crippen LogP contribution < -0.4 is 4.72 Å². The first-order chi connectivity index (χ1) is 10.0. The van der Waals surface area contributed by atoms with E-state index in [1.807, 2.05) is 25.3 Å². The zero-order chi connectivity index (χ0) is 15.3. The molecule has 0 unspecified atom stereocenters. The Balaban J connectivity index is 1.85. The Bertz CT molecular complexity index is 680. The molecule has 0 saturated heterocycles. The summed E-state index contributed by atoms with van der Waals surface area (Å²) < 4.78 is 29.5. The van der Waals surface area contributed by atoms with E-state index in [4.69, 9.17) is 0 Å². The molecule has 0 aliphatic rings. The summed E-state index contributed by atoms with van der Waals surface area (Å²) >= 11 is 3.32. The normalized spacial score (nSPS) is 11.7. The lowest BCUT2D eigenvalue weighted by Crippen LogP contribution is -2.25. The van der Waals surface area contributed by atoms with Crippen molar-refractivity contribution in [3.8, 4) is 0 Å². The van der Waals surface area contributed by atoms with Gasteiger partial charge in [-0.3, -0.25) is 4.68 Å². The molecule has 2 aromatic rings. The number of nitrogens with one attached hydrogen (secondary N) is 1. The average Bonchev–Trinajstić information content (AvgIpc) is 2.89. The molecule has 1 N–H and O–H groups in total. The van der Waals surface area contributed by atoms with Crippen molar-refractivity contribution in [1.82, 2.24) is 14.5 Å². The number of nitrogens with zero attached hydrogens (tertiary/aromatic N) is 2. The highest BCUT2D eigenvalue weighted by Gasteiger charge is 2.12. The van der Waals surface area contributed by atoms with E-state index in [1.165, 1.54) is 0 Å². The first kappa shape index (κ1) is 16.2. The molecule has 0 bridgehead atoms. The minimum Gasteiger partial charge on any atom is -0.272 e. The molecule has 5 nitrogen and oxygen atoms in total. The van der Waals surface area contributed by atoms with Crippen molar-refractivity contribution in [2.45, 2.75) is 31.2 Å². The zero-order valence-corrected chi connectivity index (χ0v) is 14.2. The van der Waals surface area contributed by atoms with Crippen LogP contribution in [0.2, 0.25) is 0 Å². The van der Waals surface area contributed by atoms with Gasteiger partial charge in [-0.25, -0.2) is 13.1 Å². The molecule has 0 aliphatic carbocycles. The fourth-order valence-electron chi connectivity index (χ4n) is 1.90. The van der Waals surface area contributed by atoms with Crippen LogP contribution in [0, 0.1) is 0 Å². The Labute approximate surface area is 133 Å². The van der Waals surface area contributed by atoms with Crippen molar-refractivity contribution in [3.05, 3.63) is 46.7 Å². The van der Waals surface area contributed by atoms with E-state index < -0.39 is 10.0 Å². The highest BCUT2D eigenvalue weighted by atomic mass is 79.9. The largest absolute Gasteiger partial charge is 0.272 e. The van der Waals surface area contributed by atoms with E-state index in [1.54, 1.807) is 23.0 Å². The van der Waals surface area contributed by atoms with Crippen LogP contribution in [0.25, 0.3) is 0 Å². The van der Waals surface area contributed by atoms with Gasteiger partial charge in [-0.2, -0.15) is 5.10 Å². The van der Waals surface area contributed by atoms with E-state index >= 15 is 0 Å². The molecule has 1 aromatic heterocycles. The Morgan fingerprint density at radius 2 is 2.00 bits per heavy atom. The Morgan fingerprint density at radius 1 is 1.29 bits per heavy atom. The lowest BCUT2D eigenvalue weighted by atomic mass is 10.2. The monoisotopic (exact) mass is 371 g/mol. The third-order valence-corrected chi connectivity index (χ3v) is 4.99. The Kier molecular flexibility index (Phi) is 5.55. The predicted molar refractivity (Wildman–Crippen MR) is 85.6 cm³/mol. The first-order valence-corrected chi connectivity index (χ1v) is 9.05. The Hall–Kier alpha value is -1.18. The van der Waals surface area contributed by atoms with Crippen molar-refractivity contribution in [3.63, 3.8) is 0 Å². The summed E-state index contributed by atoms with van der Waals surface area (Å²) in [7, 11) is -3.42. The molecular formula is C14H18BrN3O2S. The van der Waals surface area contributed by atoms with Crippen LogP contribution in [0.15, 0.2) is 46.0 Å². The summed E-state index contributed by atoms with van der Waals surface area (Å²) in [6, 6.07) is 6.98. The Morgan fingerprint density at radius 3 is 2.57 bits per heavy atom. The minimum atomic E-state index is -3.42. The second kappa shape index (κ2) is 7.20. The molecule has 1 heterocycles. The van der Waals surface area contributed by atoms with E-state index in [-0.39, 0.29) is 0 Å². The lowest BCUT2D eigenvalue weighted by Gasteiger charge is -2.07. The second-order valence-electron chi connectivity index (χ2n) is 4.67. The van der Waals surface area contributed by atoms with Crippen LogP contribution in [0.4, 0.5) is 0 Å². The number of hydrogen-bond acceptors (Lipinski definition) is 3. The van der Waals surface area contributed by atoms with Crippen LogP contribution in [-0.4, -0.2) is 24.7 Å². The molecule has 0 atom stereocenters. The molecule has 0 radical (unpaired) electrons. The maximum Gasteiger partial charge on any atom is 0.240 e. The quantitative estimate of drug-likeness (QED) is 0.760. The molecule has 0 spiro atoms. The third-order valence-electron chi connectivity index (χ3n) is 3.10. The molecule has 1 aromatic carbocycles. The first-order valence-electron chi connectivity index (χ1n) is 6.78. The standard InChI is InChI=1S/C14H18BrN3O2S/c1-2-12-4-6-14(7-5-12)21(19,20)17-8-3-9-18-11-13(15)10-16-18/h4-7,10-11,17H,2-3,8-9H2,1H3. The van der Waals surface area contributed by atoms with Crippen LogP contribution in [0.3, 0.4) is 0 Å². The van der Waals surface area contributed by atoms with Gasteiger partial charge in [-0.1, -0.05) is 19.1 Å². The number of sulfonamides is 1. The van der Waals surface area contributed by atoms with Gasteiger partial charge >= 0.3 is 0 Å². The van der Waals surface area contributed by atoms with Gasteiger partial charge in [0.25, 0.3) is 0 Å². The van der Waals surface area contributed by atoms with Gasteiger partial charge < -0.3 is 0 Å². The maximum atomic E-state index is 12.1. The van der Waals surface area contributed by atoms with Crippen molar-refractivity contribution in [2.24, 2.45) is 0 Å². The fourth-order valence-corrected chi connectivity index (χ4v) is 3.30. The number of hydrogen-bond donors (Lipinski definition) is 1. The van der Waals surface area contributed by atoms with Crippen molar-refractivity contribution >= 4 is 26.0 Å². The average molecular weight is 372 g/mol. The van der Waals surface area contributed by atoms with Gasteiger partial charge in [0.05, 0.1) is 15.6 Å². The summed E-state index contributed by atoms with van der Waals surface area (Å²) in [6.07, 6.45) is 5.14. The maximum absolute atomic E-state index is 12.1. The highest BCUT2D eigenvalue weighted by molar-refractivity contribution is 9.10. The number of halogens is 1. The van der Waals surface area contributed by atoms with Gasteiger partial charge in [0.1, 0.15) is 0 Å². The topological polar surface area (TPSA) is 64.0 Å². The van der Waals surface area contributed by atoms with Gasteiger partial charge in [0, 0.05) is 19.3 Å². The lowest BCUT2D eigenvalue weighted by molar-refractivity contribution is 0.553. The van der Waals surface area contributed by atoms with E-state index in [9.17, 15) is 8.42 Å². The molecule has 2 rings (SSSR count). The number of aromatic nitrogens is 2. The van der Waals surface area contributed by atoms with Crippen LogP contribution in [0.1, 0.15) is 18.9 Å². The predicted octanol–water partition coefficient (Wildman–Crippen LogP) is 2.58. The molecule has 7 heteroatoms. The van der Waals surface area contributed by atoms with Crippen LogP contribution in [0.5, 0.6) is 0 Å². The molecule has 0 fully saturated rings. The molecule has 114 valence electrons. The third kappa shape index (κ3) is 4.66. The van der Waals surface area contributed by atoms with Crippen molar-refractivity contribution < 1.29 is 8.42 Å². The van der Waals surface area contributed by atoms with Gasteiger partial charge in [0.2, 0.25) is 10.0 Å². The van der Waals surface area contributed by atoms with Gasteiger partial charge in [-0.05, 0) is 46.5 Å². The van der Waals surface area contributed by atoms with Crippen LogP contribution in [-0.2, 0) is 23.0 Å². The summed E-state index contributed by atoms with van der Waals surface area (Å²) in [5, 5.41) is 4.12. The molecular weight excluding hydrogens is 354 g/mol. The molecule has 0 saturated carbocycles. The van der Waals surface area contributed by atoms with Crippen molar-refractivity contribution in [1.29, 1.82) is 0 Å². The smallest absolute Gasteiger partial charge is 0.240 e. The number of aryl methyl sites for hydroxylation is 2. The van der Waals surface area contributed by atoms with Gasteiger partial charge in [-0.15, -0.1) is 0 Å². The fraction of sp³-hybridized carbons (Fsp3) is 0.357. The minimum absolute atomic E-state index is 0.307. The summed E-state index contributed by atoms with van der Waals surface area (Å²) in [5.74, 6) is 0. The number of rotatable bonds is 7.